The maximum Gasteiger partial charge on any atom is 0.234 e. The summed E-state index contributed by atoms with van der Waals surface area (Å²) >= 11 is 0. The molecule has 12 aromatic rings. The van der Waals surface area contributed by atoms with Gasteiger partial charge in [-0.3, -0.25) is 9.59 Å². The number of anilines is 3. The standard InChI is InChI=1S/2C25H23FN4O.C25H25FN4/c2*1-25(2)23(27)22(16-6-4-3-5-7-16)29(24(25)31)20-12-13-21-17(14-20)15-28-30(21)19-10-8-18(26)9-11-19;1-25(2)16-29(23(24(25)27)17-6-4-3-5-7-17)21-12-13-22-18(14-21)15-28-30(22)20-10-8-19(26)9-11-20/h2*3-15,22-23H,27H2,1-2H3;3-15,23-24H,16,27H2,1-2H3/t2*22-,23-;23-,24-/m101/s1. The normalized spacial score (nSPS) is 20.6. The van der Waals surface area contributed by atoms with Gasteiger partial charge in [-0.25, -0.2) is 27.2 Å². The predicted octanol–water partition coefficient (Wildman–Crippen LogP) is 14.3. The van der Waals surface area contributed by atoms with E-state index in [0.717, 1.165) is 84.5 Å². The zero-order valence-electron chi connectivity index (χ0n) is 51.9. The monoisotopic (exact) mass is 1230 g/mol. The number of carbonyl (C=O) groups excluding carboxylic acids is 2. The van der Waals surface area contributed by atoms with Gasteiger partial charge in [0.25, 0.3) is 0 Å². The zero-order valence-corrected chi connectivity index (χ0v) is 51.9. The molecule has 0 spiro atoms. The van der Waals surface area contributed by atoms with Crippen molar-refractivity contribution in [2.45, 2.75) is 77.8 Å². The molecule has 3 fully saturated rings. The van der Waals surface area contributed by atoms with E-state index in [9.17, 15) is 22.8 Å². The van der Waals surface area contributed by atoms with Crippen LogP contribution in [0.25, 0.3) is 49.8 Å². The largest absolute Gasteiger partial charge is 0.362 e. The lowest BCUT2D eigenvalue weighted by atomic mass is 9.83. The zero-order chi connectivity index (χ0) is 64.4. The number of hydrogen-bond acceptors (Lipinski definition) is 9. The van der Waals surface area contributed by atoms with Crippen molar-refractivity contribution in [3.05, 3.63) is 271 Å². The van der Waals surface area contributed by atoms with Crippen LogP contribution in [-0.2, 0) is 9.59 Å². The van der Waals surface area contributed by atoms with E-state index in [4.69, 9.17) is 17.2 Å². The fourth-order valence-electron chi connectivity index (χ4n) is 13.3. The summed E-state index contributed by atoms with van der Waals surface area (Å²) in [7, 11) is 0. The molecular formula is C75H71F3N12O2. The van der Waals surface area contributed by atoms with E-state index in [1.807, 2.05) is 152 Å². The molecule has 14 nitrogen and oxygen atoms in total. The fraction of sp³-hybridized carbons (Fsp3) is 0.213. The van der Waals surface area contributed by atoms with Gasteiger partial charge in [0.15, 0.2) is 0 Å². The van der Waals surface area contributed by atoms with Gasteiger partial charge < -0.3 is 31.9 Å². The first-order valence-electron chi connectivity index (χ1n) is 30.8. The van der Waals surface area contributed by atoms with Crippen LogP contribution in [0.2, 0.25) is 0 Å². The molecule has 6 N–H and O–H groups in total. The first kappa shape index (κ1) is 60.7. The van der Waals surface area contributed by atoms with E-state index in [0.29, 0.717) is 0 Å². The average Bonchev–Trinajstić information content (AvgIpc) is 1.60. The molecule has 6 heterocycles. The van der Waals surface area contributed by atoms with Gasteiger partial charge in [0.05, 0.1) is 81.2 Å². The van der Waals surface area contributed by atoms with Crippen LogP contribution in [-0.4, -0.2) is 65.8 Å². The highest BCUT2D eigenvalue weighted by Crippen LogP contribution is 2.49. The Kier molecular flexibility index (Phi) is 15.8. The Bertz CT molecular complexity index is 4450. The molecule has 0 aliphatic carbocycles. The van der Waals surface area contributed by atoms with E-state index in [2.05, 4.69) is 76.5 Å². The summed E-state index contributed by atoms with van der Waals surface area (Å²) in [6.07, 6.45) is 5.37. The maximum atomic E-state index is 13.4. The molecule has 0 bridgehead atoms. The Morgan fingerprint density at radius 1 is 0.370 bits per heavy atom. The molecule has 464 valence electrons. The van der Waals surface area contributed by atoms with Gasteiger partial charge in [-0.1, -0.05) is 105 Å². The predicted molar refractivity (Wildman–Crippen MR) is 358 cm³/mol. The summed E-state index contributed by atoms with van der Waals surface area (Å²) in [6.45, 7) is 13.0. The number of carbonyl (C=O) groups is 2. The van der Waals surface area contributed by atoms with Crippen molar-refractivity contribution >= 4 is 61.6 Å². The molecule has 0 radical (unpaired) electrons. The highest BCUT2D eigenvalue weighted by Gasteiger charge is 2.54. The molecule has 3 saturated heterocycles. The number of aromatic nitrogens is 6. The number of nitrogens with zero attached hydrogens (tertiary/aromatic N) is 9. The quantitative estimate of drug-likeness (QED) is 0.127. The Hall–Kier alpha value is -10.2. The van der Waals surface area contributed by atoms with Crippen LogP contribution in [0.1, 0.15) is 76.4 Å². The molecule has 9 aromatic carbocycles. The Labute approximate surface area is 531 Å². The molecule has 0 saturated carbocycles. The third-order valence-electron chi connectivity index (χ3n) is 18.8. The molecule has 15 rings (SSSR count). The van der Waals surface area contributed by atoms with Gasteiger partial charge >= 0.3 is 0 Å². The second kappa shape index (κ2) is 23.9. The van der Waals surface area contributed by atoms with Crippen LogP contribution in [0.15, 0.2) is 237 Å². The van der Waals surface area contributed by atoms with Crippen molar-refractivity contribution in [2.24, 2.45) is 33.4 Å². The lowest BCUT2D eigenvalue weighted by Gasteiger charge is -2.29. The van der Waals surface area contributed by atoms with Crippen molar-refractivity contribution in [1.82, 2.24) is 29.3 Å². The van der Waals surface area contributed by atoms with Crippen LogP contribution in [0.3, 0.4) is 0 Å². The molecule has 6 atom stereocenters. The topological polar surface area (TPSA) is 175 Å². The number of nitrogens with two attached hydrogens (primary N) is 3. The summed E-state index contributed by atoms with van der Waals surface area (Å²) in [4.78, 5) is 32.9. The number of fused-ring (bicyclic) bond motifs is 3. The summed E-state index contributed by atoms with van der Waals surface area (Å²) in [5, 5.41) is 16.3. The molecule has 3 aliphatic rings. The van der Waals surface area contributed by atoms with E-state index in [1.165, 1.54) is 42.0 Å². The minimum Gasteiger partial charge on any atom is -0.362 e. The highest BCUT2D eigenvalue weighted by molar-refractivity contribution is 6.04. The molecule has 2 amide bonds. The van der Waals surface area contributed by atoms with Gasteiger partial charge in [0.1, 0.15) is 17.5 Å². The molecule has 92 heavy (non-hydrogen) atoms. The van der Waals surface area contributed by atoms with E-state index in [-0.39, 0.29) is 70.9 Å². The Morgan fingerprint density at radius 2 is 0.663 bits per heavy atom. The molecule has 3 aliphatic heterocycles. The van der Waals surface area contributed by atoms with E-state index < -0.39 is 10.8 Å². The highest BCUT2D eigenvalue weighted by atomic mass is 19.1. The second-order valence-corrected chi connectivity index (χ2v) is 25.9. The number of rotatable bonds is 9. The third kappa shape index (κ3) is 10.9. The number of halogens is 3. The van der Waals surface area contributed by atoms with Crippen molar-refractivity contribution < 1.29 is 22.8 Å². The molecule has 0 unspecified atom stereocenters. The van der Waals surface area contributed by atoms with Gasteiger partial charge in [0.2, 0.25) is 11.8 Å². The van der Waals surface area contributed by atoms with E-state index in [1.54, 1.807) is 58.2 Å². The maximum absolute atomic E-state index is 13.4. The molecular weight excluding hydrogens is 1160 g/mol. The fourth-order valence-corrected chi connectivity index (χ4v) is 13.3. The van der Waals surface area contributed by atoms with Crippen LogP contribution >= 0.6 is 0 Å². The van der Waals surface area contributed by atoms with Crippen molar-refractivity contribution in [3.63, 3.8) is 0 Å². The van der Waals surface area contributed by atoms with Crippen LogP contribution < -0.4 is 31.9 Å². The molecule has 3 aromatic heterocycles. The average molecular weight is 1230 g/mol. The van der Waals surface area contributed by atoms with Gasteiger partial charge in [0, 0.05) is 57.9 Å². The lowest BCUT2D eigenvalue weighted by Crippen LogP contribution is -2.38. The third-order valence-corrected chi connectivity index (χ3v) is 18.8. The SMILES string of the molecule is CC1(C)C(=O)N(c2ccc3c(cnn3-c3ccc(F)cc3)c2)[C@@H](c2ccccc2)[C@@H]1N.CC1(C)C(=O)N(c2ccc3c(cnn3-c3ccc(F)cc3)c2)[C@H](c2ccccc2)[C@H]1N.CC1(C)CN(c2ccc3c(cnn3-c3ccc(F)cc3)c2)[C@H](c2ccccc2)[C@H]1N. The van der Waals surface area contributed by atoms with Gasteiger partial charge in [-0.2, -0.15) is 15.3 Å². The van der Waals surface area contributed by atoms with Crippen LogP contribution in [0.4, 0.5) is 30.2 Å². The van der Waals surface area contributed by atoms with Gasteiger partial charge in [-0.15, -0.1) is 0 Å². The van der Waals surface area contributed by atoms with Crippen molar-refractivity contribution in [3.8, 4) is 17.1 Å². The van der Waals surface area contributed by atoms with Crippen LogP contribution in [0.5, 0.6) is 0 Å². The first-order valence-corrected chi connectivity index (χ1v) is 30.8. The van der Waals surface area contributed by atoms with Gasteiger partial charge in [-0.05, 0) is 177 Å². The second-order valence-electron chi connectivity index (χ2n) is 25.9. The summed E-state index contributed by atoms with van der Waals surface area (Å²) in [5.41, 5.74) is 29.6. The summed E-state index contributed by atoms with van der Waals surface area (Å²) < 4.78 is 45.2. The minimum atomic E-state index is -0.687. The van der Waals surface area contributed by atoms with Crippen LogP contribution in [0, 0.1) is 33.7 Å². The first-order chi connectivity index (χ1) is 44.2. The smallest absolute Gasteiger partial charge is 0.234 e. The van der Waals surface area contributed by atoms with E-state index >= 15 is 0 Å². The summed E-state index contributed by atoms with van der Waals surface area (Å²) in [5.74, 6) is -0.836. The van der Waals surface area contributed by atoms with Crippen molar-refractivity contribution in [1.29, 1.82) is 0 Å². The lowest BCUT2D eigenvalue weighted by molar-refractivity contribution is -0.125. The number of hydrogen-bond donors (Lipinski definition) is 3. The Balaban J connectivity index is 0.000000126. The minimum absolute atomic E-state index is 0.000806. The summed E-state index contributed by atoms with van der Waals surface area (Å²) in [6, 6.07) is 66.1. The van der Waals surface area contributed by atoms with Crippen molar-refractivity contribution in [2.75, 3.05) is 21.2 Å². The number of benzene rings is 9. The molecule has 17 heteroatoms. The number of amides is 2. The Morgan fingerprint density at radius 3 is 1.00 bits per heavy atom.